The molecule has 3 amide bonds. The van der Waals surface area contributed by atoms with E-state index in [9.17, 15) is 14.4 Å². The van der Waals surface area contributed by atoms with Gasteiger partial charge in [0.25, 0.3) is 5.91 Å². The van der Waals surface area contributed by atoms with Gasteiger partial charge >= 0.3 is 0 Å². The van der Waals surface area contributed by atoms with Crippen molar-refractivity contribution < 1.29 is 23.9 Å². The number of carbonyl (C=O) groups is 3. The highest BCUT2D eigenvalue weighted by atomic mass is 16.5. The number of methoxy groups -OCH3 is 1. The van der Waals surface area contributed by atoms with Crippen molar-refractivity contribution in [3.05, 3.63) is 59.2 Å². The summed E-state index contributed by atoms with van der Waals surface area (Å²) >= 11 is 0. The van der Waals surface area contributed by atoms with E-state index in [4.69, 9.17) is 9.47 Å². The molecule has 2 aliphatic rings. The smallest absolute Gasteiger partial charge is 0.251 e. The van der Waals surface area contributed by atoms with Crippen molar-refractivity contribution in [1.29, 1.82) is 0 Å². The predicted octanol–water partition coefficient (Wildman–Crippen LogP) is 3.62. The second kappa shape index (κ2) is 14.9. The summed E-state index contributed by atoms with van der Waals surface area (Å²) in [5.74, 6) is 1.48. The van der Waals surface area contributed by atoms with E-state index in [0.717, 1.165) is 67.7 Å². The number of nitrogens with zero attached hydrogens (tertiary/aromatic N) is 1. The van der Waals surface area contributed by atoms with E-state index in [1.54, 1.807) is 20.2 Å². The van der Waals surface area contributed by atoms with Gasteiger partial charge in [0, 0.05) is 49.8 Å². The van der Waals surface area contributed by atoms with Crippen LogP contribution in [0.3, 0.4) is 0 Å². The number of hydrogen-bond donors (Lipinski definition) is 3. The molecular formula is C32H44N4O5. The Labute approximate surface area is 243 Å². The van der Waals surface area contributed by atoms with Crippen LogP contribution in [0.1, 0.15) is 72.9 Å². The van der Waals surface area contributed by atoms with Crippen LogP contribution in [0.2, 0.25) is 0 Å². The quantitative estimate of drug-likeness (QED) is 0.363. The summed E-state index contributed by atoms with van der Waals surface area (Å²) in [6.45, 7) is 4.56. The van der Waals surface area contributed by atoms with Gasteiger partial charge in [0.2, 0.25) is 11.8 Å². The average Bonchev–Trinajstić information content (AvgIpc) is 3.55. The number of likely N-dealkylation sites (tertiary alicyclic amines) is 1. The first-order chi connectivity index (χ1) is 19.9. The molecule has 41 heavy (non-hydrogen) atoms. The first kappa shape index (κ1) is 30.4. The van der Waals surface area contributed by atoms with Gasteiger partial charge in [0.15, 0.2) is 0 Å². The van der Waals surface area contributed by atoms with Gasteiger partial charge in [-0.05, 0) is 62.3 Å². The Morgan fingerprint density at radius 2 is 1.85 bits per heavy atom. The maximum atomic E-state index is 13.2. The molecule has 0 aromatic heterocycles. The van der Waals surface area contributed by atoms with Crippen LogP contribution in [0, 0.1) is 5.92 Å². The molecule has 1 aliphatic heterocycles. The van der Waals surface area contributed by atoms with Crippen molar-refractivity contribution in [3.8, 4) is 11.5 Å². The van der Waals surface area contributed by atoms with Crippen LogP contribution >= 0.6 is 0 Å². The van der Waals surface area contributed by atoms with Crippen LogP contribution in [0.4, 0.5) is 0 Å². The molecule has 4 rings (SSSR count). The van der Waals surface area contributed by atoms with Crippen LogP contribution < -0.4 is 25.4 Å². The van der Waals surface area contributed by atoms with Gasteiger partial charge in [-0.3, -0.25) is 14.4 Å². The highest BCUT2D eigenvalue weighted by Crippen LogP contribution is 2.30. The number of hydrogen-bond acceptors (Lipinski definition) is 6. The van der Waals surface area contributed by atoms with Crippen LogP contribution in [0.15, 0.2) is 42.5 Å². The SMILES string of the molecule is CCOc1cc(OC)ccc1CNCC(=O)N1CCCC(c2cccc(C(=O)N[C@@H](C(=O)NC)C3CCCC3)c2)C1. The van der Waals surface area contributed by atoms with Crippen molar-refractivity contribution in [1.82, 2.24) is 20.9 Å². The molecule has 1 saturated carbocycles. The minimum atomic E-state index is -0.517. The molecule has 1 heterocycles. The fourth-order valence-electron chi connectivity index (χ4n) is 5.99. The summed E-state index contributed by atoms with van der Waals surface area (Å²) in [5, 5.41) is 8.98. The molecule has 2 fully saturated rings. The minimum absolute atomic E-state index is 0.0556. The lowest BCUT2D eigenvalue weighted by atomic mass is 9.89. The van der Waals surface area contributed by atoms with Gasteiger partial charge in [-0.1, -0.05) is 31.0 Å². The molecule has 1 aliphatic carbocycles. The normalized spacial score (nSPS) is 18.0. The third-order valence-corrected chi connectivity index (χ3v) is 8.25. The zero-order chi connectivity index (χ0) is 29.2. The fraction of sp³-hybridized carbons (Fsp3) is 0.531. The van der Waals surface area contributed by atoms with Crippen LogP contribution in [0.25, 0.3) is 0 Å². The van der Waals surface area contributed by atoms with Crippen molar-refractivity contribution >= 4 is 17.7 Å². The first-order valence-corrected chi connectivity index (χ1v) is 14.8. The molecule has 9 heteroatoms. The van der Waals surface area contributed by atoms with Crippen LogP contribution in [-0.4, -0.2) is 69.1 Å². The number of rotatable bonds is 12. The molecule has 0 radical (unpaired) electrons. The molecule has 0 bridgehead atoms. The summed E-state index contributed by atoms with van der Waals surface area (Å²) < 4.78 is 11.0. The number of piperidine rings is 1. The molecular weight excluding hydrogens is 520 g/mol. The summed E-state index contributed by atoms with van der Waals surface area (Å²) in [6.07, 6.45) is 5.94. The number of benzene rings is 2. The van der Waals surface area contributed by atoms with Gasteiger partial charge in [-0.2, -0.15) is 0 Å². The molecule has 2 aromatic rings. The summed E-state index contributed by atoms with van der Waals surface area (Å²) in [7, 11) is 3.23. The molecule has 0 spiro atoms. The Kier molecular flexibility index (Phi) is 11.0. The van der Waals surface area contributed by atoms with Crippen molar-refractivity contribution in [3.63, 3.8) is 0 Å². The second-order valence-electron chi connectivity index (χ2n) is 10.9. The second-order valence-corrected chi connectivity index (χ2v) is 10.9. The third kappa shape index (κ3) is 8.00. The lowest BCUT2D eigenvalue weighted by Gasteiger charge is -2.33. The Bertz CT molecular complexity index is 1200. The molecule has 1 saturated heterocycles. The number of likely N-dealkylation sites (N-methyl/N-ethyl adjacent to an activating group) is 1. The number of carbonyl (C=O) groups excluding carboxylic acids is 3. The molecule has 222 valence electrons. The molecule has 2 aromatic carbocycles. The third-order valence-electron chi connectivity index (χ3n) is 8.25. The minimum Gasteiger partial charge on any atom is -0.497 e. The zero-order valence-corrected chi connectivity index (χ0v) is 24.5. The molecule has 3 N–H and O–H groups in total. The van der Waals surface area contributed by atoms with Gasteiger partial charge < -0.3 is 30.3 Å². The number of ether oxygens (including phenoxy) is 2. The molecule has 9 nitrogen and oxygen atoms in total. The Balaban J connectivity index is 1.34. The summed E-state index contributed by atoms with van der Waals surface area (Å²) in [5.41, 5.74) is 2.56. The molecule has 1 unspecified atom stereocenters. The highest BCUT2D eigenvalue weighted by Gasteiger charge is 2.32. The van der Waals surface area contributed by atoms with Gasteiger partial charge in [-0.15, -0.1) is 0 Å². The summed E-state index contributed by atoms with van der Waals surface area (Å²) in [6, 6.07) is 12.8. The van der Waals surface area contributed by atoms with Crippen molar-refractivity contribution in [2.24, 2.45) is 5.92 Å². The van der Waals surface area contributed by atoms with E-state index < -0.39 is 6.04 Å². The van der Waals surface area contributed by atoms with E-state index in [2.05, 4.69) is 16.0 Å². The van der Waals surface area contributed by atoms with Crippen molar-refractivity contribution in [2.75, 3.05) is 40.4 Å². The monoisotopic (exact) mass is 564 g/mol. The zero-order valence-electron chi connectivity index (χ0n) is 24.5. The topological polar surface area (TPSA) is 109 Å². The lowest BCUT2D eigenvalue weighted by molar-refractivity contribution is -0.131. The van der Waals surface area contributed by atoms with E-state index >= 15 is 0 Å². The number of nitrogens with one attached hydrogen (secondary N) is 3. The summed E-state index contributed by atoms with van der Waals surface area (Å²) in [4.78, 5) is 40.7. The van der Waals surface area contributed by atoms with Gasteiger partial charge in [-0.25, -0.2) is 0 Å². The Morgan fingerprint density at radius 1 is 1.05 bits per heavy atom. The Morgan fingerprint density at radius 3 is 2.59 bits per heavy atom. The largest absolute Gasteiger partial charge is 0.497 e. The van der Waals surface area contributed by atoms with E-state index in [0.29, 0.717) is 25.3 Å². The van der Waals surface area contributed by atoms with Crippen LogP contribution in [-0.2, 0) is 16.1 Å². The van der Waals surface area contributed by atoms with Gasteiger partial charge in [0.1, 0.15) is 17.5 Å². The van der Waals surface area contributed by atoms with Crippen molar-refractivity contribution in [2.45, 2.75) is 64.0 Å². The standard InChI is InChI=1S/C32H44N4O5/c1-4-41-28-18-27(40-3)15-14-25(28)19-34-20-29(37)36-16-8-13-26(21-36)23-11-7-12-24(17-23)31(38)35-30(32(39)33-2)22-9-5-6-10-22/h7,11-12,14-15,17-18,22,26,30,34H,4-6,8-10,13,16,19-21H2,1-3H3,(H,33,39)(H,35,38)/t26?,30-/m1/s1. The molecule has 2 atom stereocenters. The number of amides is 3. The predicted molar refractivity (Wildman–Crippen MR) is 158 cm³/mol. The average molecular weight is 565 g/mol. The first-order valence-electron chi connectivity index (χ1n) is 14.8. The Hall–Kier alpha value is -3.59. The van der Waals surface area contributed by atoms with Gasteiger partial charge in [0.05, 0.1) is 20.3 Å². The maximum Gasteiger partial charge on any atom is 0.251 e. The lowest BCUT2D eigenvalue weighted by Crippen LogP contribution is -2.49. The van der Waals surface area contributed by atoms with Crippen LogP contribution in [0.5, 0.6) is 11.5 Å². The van der Waals surface area contributed by atoms with E-state index in [-0.39, 0.29) is 36.1 Å². The highest BCUT2D eigenvalue weighted by molar-refractivity contribution is 5.97. The van der Waals surface area contributed by atoms with E-state index in [1.807, 2.05) is 48.2 Å². The maximum absolute atomic E-state index is 13.2. The van der Waals surface area contributed by atoms with E-state index in [1.165, 1.54) is 0 Å². The fourth-order valence-corrected chi connectivity index (χ4v) is 5.99.